The third kappa shape index (κ3) is 6.22. The number of hydrogen-bond donors (Lipinski definition) is 3. The normalized spacial score (nSPS) is 16.9. The molecule has 0 aromatic carbocycles. The first-order valence-corrected chi connectivity index (χ1v) is 6.71. The van der Waals surface area contributed by atoms with E-state index >= 15 is 0 Å². The molecule has 6 nitrogen and oxygen atoms in total. The van der Waals surface area contributed by atoms with Gasteiger partial charge in [-0.1, -0.05) is 19.8 Å². The van der Waals surface area contributed by atoms with E-state index in [1.165, 1.54) is 12.8 Å². The van der Waals surface area contributed by atoms with Crippen molar-refractivity contribution in [1.82, 2.24) is 10.6 Å². The van der Waals surface area contributed by atoms with Crippen molar-refractivity contribution in [3.63, 3.8) is 0 Å². The van der Waals surface area contributed by atoms with Crippen molar-refractivity contribution in [2.75, 3.05) is 6.54 Å². The highest BCUT2D eigenvalue weighted by molar-refractivity contribution is 5.94. The molecule has 0 radical (unpaired) electrons. The predicted molar refractivity (Wildman–Crippen MR) is 69.6 cm³/mol. The summed E-state index contributed by atoms with van der Waals surface area (Å²) in [6.45, 7) is 2.70. The minimum Gasteiger partial charge on any atom is -0.481 e. The standard InChI is InChI=1S/C13H22N2O4/c1-13(7-2-3-8-13)9-14-12(19)15-10(16)5-4-6-11(17)18/h2-9H2,1H3,(H,17,18)(H2,14,15,16,19). The Hall–Kier alpha value is -1.59. The van der Waals surface area contributed by atoms with E-state index in [1.54, 1.807) is 0 Å². The molecule has 0 aromatic heterocycles. The molecular formula is C13H22N2O4. The molecule has 0 saturated heterocycles. The number of urea groups is 1. The number of amides is 3. The second-order valence-corrected chi connectivity index (χ2v) is 5.50. The summed E-state index contributed by atoms with van der Waals surface area (Å²) in [7, 11) is 0. The van der Waals surface area contributed by atoms with E-state index in [1.807, 2.05) is 0 Å². The zero-order valence-electron chi connectivity index (χ0n) is 11.3. The Morgan fingerprint density at radius 3 is 2.37 bits per heavy atom. The molecule has 0 unspecified atom stereocenters. The van der Waals surface area contributed by atoms with Crippen molar-refractivity contribution in [2.45, 2.75) is 51.9 Å². The lowest BCUT2D eigenvalue weighted by molar-refractivity contribution is -0.137. The van der Waals surface area contributed by atoms with E-state index in [4.69, 9.17) is 5.11 Å². The number of aliphatic carboxylic acids is 1. The molecular weight excluding hydrogens is 248 g/mol. The summed E-state index contributed by atoms with van der Waals surface area (Å²) in [5.74, 6) is -1.37. The van der Waals surface area contributed by atoms with E-state index in [0.29, 0.717) is 6.54 Å². The fourth-order valence-corrected chi connectivity index (χ4v) is 2.33. The topological polar surface area (TPSA) is 95.5 Å². The van der Waals surface area contributed by atoms with Crippen LogP contribution in [0.2, 0.25) is 0 Å². The van der Waals surface area contributed by atoms with Gasteiger partial charge in [-0.25, -0.2) is 4.79 Å². The molecule has 0 aliphatic heterocycles. The lowest BCUT2D eigenvalue weighted by Crippen LogP contribution is -2.43. The summed E-state index contributed by atoms with van der Waals surface area (Å²) >= 11 is 0. The lowest BCUT2D eigenvalue weighted by atomic mass is 9.89. The molecule has 0 heterocycles. The molecule has 3 N–H and O–H groups in total. The molecule has 0 bridgehead atoms. The number of carbonyl (C=O) groups excluding carboxylic acids is 2. The van der Waals surface area contributed by atoms with Crippen LogP contribution in [-0.4, -0.2) is 29.6 Å². The number of carboxylic acids is 1. The van der Waals surface area contributed by atoms with Crippen molar-refractivity contribution < 1.29 is 19.5 Å². The Balaban J connectivity index is 2.16. The molecule has 1 saturated carbocycles. The van der Waals surface area contributed by atoms with Gasteiger partial charge in [0.1, 0.15) is 0 Å². The Morgan fingerprint density at radius 2 is 1.79 bits per heavy atom. The maximum absolute atomic E-state index is 11.5. The molecule has 0 spiro atoms. The van der Waals surface area contributed by atoms with E-state index in [2.05, 4.69) is 17.6 Å². The SMILES string of the molecule is CC1(CNC(=O)NC(=O)CCCC(=O)O)CCCC1. The highest BCUT2D eigenvalue weighted by atomic mass is 16.4. The molecule has 108 valence electrons. The van der Waals surface area contributed by atoms with Crippen molar-refractivity contribution in [1.29, 1.82) is 0 Å². The first-order valence-electron chi connectivity index (χ1n) is 6.71. The fraction of sp³-hybridized carbons (Fsp3) is 0.769. The average Bonchev–Trinajstić information content (AvgIpc) is 2.74. The van der Waals surface area contributed by atoms with Gasteiger partial charge >= 0.3 is 12.0 Å². The summed E-state index contributed by atoms with van der Waals surface area (Å²) in [5.41, 5.74) is 0.143. The minimum absolute atomic E-state index is 0.0526. The van der Waals surface area contributed by atoms with Crippen molar-refractivity contribution >= 4 is 17.9 Å². The Kier molecular flexibility index (Phi) is 5.79. The fourth-order valence-electron chi connectivity index (χ4n) is 2.33. The van der Waals surface area contributed by atoms with E-state index < -0.39 is 17.9 Å². The van der Waals surface area contributed by atoms with Crippen molar-refractivity contribution in [2.24, 2.45) is 5.41 Å². The maximum atomic E-state index is 11.5. The quantitative estimate of drug-likeness (QED) is 0.683. The molecule has 1 fully saturated rings. The van der Waals surface area contributed by atoms with Crippen molar-refractivity contribution in [3.05, 3.63) is 0 Å². The van der Waals surface area contributed by atoms with Gasteiger partial charge in [-0.3, -0.25) is 14.9 Å². The highest BCUT2D eigenvalue weighted by Crippen LogP contribution is 2.36. The summed E-state index contributed by atoms with van der Waals surface area (Å²) in [6, 6.07) is -0.492. The molecule has 1 aliphatic carbocycles. The molecule has 0 aromatic rings. The second-order valence-electron chi connectivity index (χ2n) is 5.50. The summed E-state index contributed by atoms with van der Waals surface area (Å²) in [5, 5.41) is 13.4. The zero-order chi connectivity index (χ0) is 14.3. The van der Waals surface area contributed by atoms with Gasteiger partial charge in [0.15, 0.2) is 0 Å². The Morgan fingerprint density at radius 1 is 1.16 bits per heavy atom. The van der Waals surface area contributed by atoms with Gasteiger partial charge in [0.25, 0.3) is 0 Å². The maximum Gasteiger partial charge on any atom is 0.321 e. The lowest BCUT2D eigenvalue weighted by Gasteiger charge is -2.23. The van der Waals surface area contributed by atoms with E-state index in [9.17, 15) is 14.4 Å². The van der Waals surface area contributed by atoms with Gasteiger partial charge in [0.2, 0.25) is 5.91 Å². The van der Waals surface area contributed by atoms with Gasteiger partial charge in [-0.15, -0.1) is 0 Å². The first-order chi connectivity index (χ1) is 8.91. The third-order valence-corrected chi connectivity index (χ3v) is 3.53. The number of carboxylic acid groups (broad SMARTS) is 1. The number of hydrogen-bond acceptors (Lipinski definition) is 3. The number of rotatable bonds is 6. The van der Waals surface area contributed by atoms with E-state index in [0.717, 1.165) is 12.8 Å². The van der Waals surface area contributed by atoms with Gasteiger partial charge in [0, 0.05) is 19.4 Å². The molecule has 3 amide bonds. The Labute approximate surface area is 112 Å². The predicted octanol–water partition coefficient (Wildman–Crippen LogP) is 1.65. The molecule has 19 heavy (non-hydrogen) atoms. The smallest absolute Gasteiger partial charge is 0.321 e. The Bertz CT molecular complexity index is 349. The molecule has 0 atom stereocenters. The summed E-state index contributed by atoms with van der Waals surface area (Å²) in [4.78, 5) is 33.1. The van der Waals surface area contributed by atoms with Crippen LogP contribution in [0.15, 0.2) is 0 Å². The monoisotopic (exact) mass is 270 g/mol. The van der Waals surface area contributed by atoms with Crippen LogP contribution in [0.3, 0.4) is 0 Å². The average molecular weight is 270 g/mol. The molecule has 6 heteroatoms. The van der Waals surface area contributed by atoms with Crippen LogP contribution in [0, 0.1) is 5.41 Å². The molecule has 1 rings (SSSR count). The van der Waals surface area contributed by atoms with Gasteiger partial charge < -0.3 is 10.4 Å². The summed E-state index contributed by atoms with van der Waals surface area (Å²) < 4.78 is 0. The number of imide groups is 1. The van der Waals surface area contributed by atoms with Crippen LogP contribution < -0.4 is 10.6 Å². The summed E-state index contributed by atoms with van der Waals surface area (Å²) in [6.07, 6.45) is 4.80. The third-order valence-electron chi connectivity index (χ3n) is 3.53. The second kappa shape index (κ2) is 7.11. The van der Waals surface area contributed by atoms with Crippen LogP contribution in [0.1, 0.15) is 51.9 Å². The number of carbonyl (C=O) groups is 3. The van der Waals surface area contributed by atoms with Crippen LogP contribution in [0.4, 0.5) is 4.79 Å². The van der Waals surface area contributed by atoms with Crippen molar-refractivity contribution in [3.8, 4) is 0 Å². The van der Waals surface area contributed by atoms with Crippen LogP contribution in [0.25, 0.3) is 0 Å². The zero-order valence-corrected chi connectivity index (χ0v) is 11.3. The van der Waals surface area contributed by atoms with Gasteiger partial charge in [0.05, 0.1) is 0 Å². The molecule has 1 aliphatic rings. The van der Waals surface area contributed by atoms with Gasteiger partial charge in [-0.2, -0.15) is 0 Å². The largest absolute Gasteiger partial charge is 0.481 e. The number of nitrogens with one attached hydrogen (secondary N) is 2. The van der Waals surface area contributed by atoms with E-state index in [-0.39, 0.29) is 24.7 Å². The van der Waals surface area contributed by atoms with Crippen LogP contribution >= 0.6 is 0 Å². The first kappa shape index (κ1) is 15.5. The van der Waals surface area contributed by atoms with Crippen LogP contribution in [0.5, 0.6) is 0 Å². The minimum atomic E-state index is -0.939. The van der Waals surface area contributed by atoms with Crippen LogP contribution in [-0.2, 0) is 9.59 Å². The van der Waals surface area contributed by atoms with Gasteiger partial charge in [-0.05, 0) is 24.7 Å². The highest BCUT2D eigenvalue weighted by Gasteiger charge is 2.28.